The van der Waals surface area contributed by atoms with Gasteiger partial charge in [-0.2, -0.15) is 0 Å². The molecule has 60 heavy (non-hydrogen) atoms. The molecule has 1 aliphatic carbocycles. The summed E-state index contributed by atoms with van der Waals surface area (Å²) in [6.07, 6.45) is 0. The number of hydrogen-bond acceptors (Lipinski definition) is 0. The average Bonchev–Trinajstić information content (AvgIpc) is 3.87. The molecule has 2 aliphatic rings. The van der Waals surface area contributed by atoms with Crippen LogP contribution in [0.25, 0.3) is 77.2 Å². The lowest BCUT2D eigenvalue weighted by Gasteiger charge is -2.39. The summed E-state index contributed by atoms with van der Waals surface area (Å²) in [7, 11) is -2.58. The molecule has 3 heteroatoms. The molecular formula is C57H40N2Si. The summed E-state index contributed by atoms with van der Waals surface area (Å²) < 4.78 is 5.08. The Balaban J connectivity index is 1.35. The second-order valence-corrected chi connectivity index (χ2v) is 21.4. The number of rotatable bonds is 4. The van der Waals surface area contributed by atoms with E-state index >= 15 is 0 Å². The first-order valence-electron chi connectivity index (χ1n) is 21.1. The van der Waals surface area contributed by atoms with Gasteiger partial charge in [-0.05, 0) is 103 Å². The lowest BCUT2D eigenvalue weighted by Crippen LogP contribution is -2.50. The number of benzene rings is 9. The molecule has 0 saturated heterocycles. The van der Waals surface area contributed by atoms with Crippen LogP contribution in [0.4, 0.5) is 0 Å². The monoisotopic (exact) mass is 780 g/mol. The van der Waals surface area contributed by atoms with Gasteiger partial charge in [0.15, 0.2) is 0 Å². The van der Waals surface area contributed by atoms with Crippen LogP contribution in [-0.2, 0) is 5.41 Å². The molecule has 0 bridgehead atoms. The maximum Gasteiger partial charge on any atom is 0.115 e. The number of aromatic nitrogens is 2. The smallest absolute Gasteiger partial charge is 0.115 e. The highest BCUT2D eigenvalue weighted by Gasteiger charge is 2.52. The molecule has 1 aliphatic heterocycles. The van der Waals surface area contributed by atoms with Gasteiger partial charge in [0.25, 0.3) is 0 Å². The second kappa shape index (κ2) is 12.2. The van der Waals surface area contributed by atoms with E-state index in [4.69, 9.17) is 0 Å². The Hall–Kier alpha value is -7.20. The third-order valence-electron chi connectivity index (χ3n) is 13.9. The van der Waals surface area contributed by atoms with E-state index in [1.807, 2.05) is 0 Å². The fourth-order valence-corrected chi connectivity index (χ4v) is 15.5. The molecule has 0 fully saturated rings. The summed E-state index contributed by atoms with van der Waals surface area (Å²) >= 11 is 0. The number of hydrogen-bond donors (Lipinski definition) is 0. The summed E-state index contributed by atoms with van der Waals surface area (Å²) in [5.74, 6) is 0. The first-order chi connectivity index (χ1) is 29.6. The minimum Gasteiger partial charge on any atom is -0.309 e. The van der Waals surface area contributed by atoms with Gasteiger partial charge < -0.3 is 9.13 Å². The zero-order chi connectivity index (χ0) is 39.7. The van der Waals surface area contributed by atoms with Gasteiger partial charge in [0, 0.05) is 32.9 Å². The first kappa shape index (κ1) is 33.7. The van der Waals surface area contributed by atoms with Crippen molar-refractivity contribution in [2.45, 2.75) is 18.5 Å². The number of para-hydroxylation sites is 4. The largest absolute Gasteiger partial charge is 0.309 e. The third-order valence-corrected chi connectivity index (χ3v) is 17.4. The van der Waals surface area contributed by atoms with Gasteiger partial charge in [-0.3, -0.25) is 0 Å². The second-order valence-electron chi connectivity index (χ2n) is 17.2. The Morgan fingerprint density at radius 2 is 0.800 bits per heavy atom. The fraction of sp³-hybridized carbons (Fsp3) is 0.0526. The van der Waals surface area contributed by atoms with E-state index in [9.17, 15) is 0 Å². The number of fused-ring (bicyclic) bond motifs is 10. The van der Waals surface area contributed by atoms with Crippen molar-refractivity contribution >= 4 is 62.1 Å². The SMILES string of the molecule is C[Si]1(C)c2c3c(cc4c2c2ccccc2n4-c2ccccc2)-c2ccccc2C(c2ccccc2)(c2ccccc2)c2cc4c(c1c2-3)c1ccccc1n4-c1ccccc1. The molecule has 0 radical (unpaired) electrons. The Kier molecular flexibility index (Phi) is 6.84. The van der Waals surface area contributed by atoms with Crippen LogP contribution < -0.4 is 10.4 Å². The summed E-state index contributed by atoms with van der Waals surface area (Å²) in [5, 5.41) is 8.53. The molecule has 0 N–H and O–H groups in total. The van der Waals surface area contributed by atoms with Crippen molar-refractivity contribution in [2.75, 3.05) is 0 Å². The van der Waals surface area contributed by atoms with E-state index in [0.29, 0.717) is 0 Å². The van der Waals surface area contributed by atoms with Crippen molar-refractivity contribution in [3.63, 3.8) is 0 Å². The van der Waals surface area contributed by atoms with E-state index in [1.165, 1.54) is 99.5 Å². The van der Waals surface area contributed by atoms with Gasteiger partial charge in [0.2, 0.25) is 0 Å². The molecule has 0 amide bonds. The molecule has 282 valence electrons. The maximum absolute atomic E-state index is 2.65. The summed E-state index contributed by atoms with van der Waals surface area (Å²) in [4.78, 5) is 0. The summed E-state index contributed by atoms with van der Waals surface area (Å²) in [6, 6.07) is 77.5. The minimum absolute atomic E-state index is 0.637. The Morgan fingerprint density at radius 3 is 1.35 bits per heavy atom. The molecular weight excluding hydrogens is 741 g/mol. The van der Waals surface area contributed by atoms with Crippen LogP contribution in [0.15, 0.2) is 206 Å². The predicted molar refractivity (Wildman–Crippen MR) is 255 cm³/mol. The molecule has 0 unspecified atom stereocenters. The first-order valence-corrected chi connectivity index (χ1v) is 24.1. The third kappa shape index (κ3) is 4.17. The summed E-state index contributed by atoms with van der Waals surface area (Å²) in [6.45, 7) is 5.29. The van der Waals surface area contributed by atoms with Crippen LogP contribution in [0, 0.1) is 0 Å². The zero-order valence-corrected chi connectivity index (χ0v) is 34.5. The van der Waals surface area contributed by atoms with E-state index in [2.05, 4.69) is 228 Å². The standard InChI is InChI=1S/C57H40N2Si/c1-60(2)55-51-42-30-16-19-33-47(42)58(39-25-11-5-12-26-39)49(51)35-44-41-29-15-18-32-45(41)57(37-21-7-3-8-22-37,38-23-9-4-10-24-38)46-36-50-52(56(60)54(46)53(44)55)43-31-17-20-34-48(43)59(50)40-27-13-6-14-28-40/h3-36H,1-2H3. The van der Waals surface area contributed by atoms with E-state index in [1.54, 1.807) is 10.4 Å². The number of nitrogens with zero attached hydrogens (tertiary/aromatic N) is 2. The van der Waals surface area contributed by atoms with Gasteiger partial charge in [-0.15, -0.1) is 0 Å². The Labute approximate surface area is 350 Å². The highest BCUT2D eigenvalue weighted by Crippen LogP contribution is 2.58. The van der Waals surface area contributed by atoms with Crippen molar-refractivity contribution in [1.82, 2.24) is 9.13 Å². The molecule has 0 spiro atoms. The molecule has 9 aromatic carbocycles. The van der Waals surface area contributed by atoms with E-state index in [-0.39, 0.29) is 0 Å². The average molecular weight is 781 g/mol. The van der Waals surface area contributed by atoms with Crippen molar-refractivity contribution in [3.8, 4) is 33.6 Å². The molecule has 0 atom stereocenters. The van der Waals surface area contributed by atoms with Crippen LogP contribution >= 0.6 is 0 Å². The van der Waals surface area contributed by atoms with Gasteiger partial charge in [-0.25, -0.2) is 0 Å². The van der Waals surface area contributed by atoms with Gasteiger partial charge in [0.05, 0.1) is 27.5 Å². The molecule has 2 nitrogen and oxygen atoms in total. The minimum atomic E-state index is -2.58. The molecule has 0 saturated carbocycles. The fourth-order valence-electron chi connectivity index (χ4n) is 11.7. The van der Waals surface area contributed by atoms with E-state index < -0.39 is 13.5 Å². The highest BCUT2D eigenvalue weighted by molar-refractivity contribution is 7.07. The lowest BCUT2D eigenvalue weighted by molar-refractivity contribution is 0.753. The van der Waals surface area contributed by atoms with Gasteiger partial charge in [-0.1, -0.05) is 171 Å². The Morgan fingerprint density at radius 1 is 0.367 bits per heavy atom. The van der Waals surface area contributed by atoms with Crippen LogP contribution in [0.2, 0.25) is 13.1 Å². The van der Waals surface area contributed by atoms with E-state index in [0.717, 1.165) is 0 Å². The molecule has 3 heterocycles. The summed E-state index contributed by atoms with van der Waals surface area (Å²) in [5.41, 5.74) is 17.5. The molecule has 11 aromatic rings. The topological polar surface area (TPSA) is 9.86 Å². The lowest BCUT2D eigenvalue weighted by atomic mass is 9.63. The highest BCUT2D eigenvalue weighted by atomic mass is 28.3. The van der Waals surface area contributed by atoms with Crippen molar-refractivity contribution in [3.05, 3.63) is 229 Å². The van der Waals surface area contributed by atoms with Gasteiger partial charge >= 0.3 is 0 Å². The van der Waals surface area contributed by atoms with Gasteiger partial charge in [0.1, 0.15) is 8.07 Å². The van der Waals surface area contributed by atoms with Crippen molar-refractivity contribution in [1.29, 1.82) is 0 Å². The maximum atomic E-state index is 2.65. The quantitative estimate of drug-likeness (QED) is 0.157. The normalized spacial score (nSPS) is 14.4. The van der Waals surface area contributed by atoms with Crippen LogP contribution in [-0.4, -0.2) is 17.2 Å². The van der Waals surface area contributed by atoms with Crippen molar-refractivity contribution < 1.29 is 0 Å². The van der Waals surface area contributed by atoms with Crippen LogP contribution in [0.5, 0.6) is 0 Å². The van der Waals surface area contributed by atoms with Crippen molar-refractivity contribution in [2.24, 2.45) is 0 Å². The predicted octanol–water partition coefficient (Wildman–Crippen LogP) is 13.0. The molecule has 13 rings (SSSR count). The van der Waals surface area contributed by atoms with Crippen LogP contribution in [0.1, 0.15) is 22.3 Å². The Bertz CT molecular complexity index is 3500. The van der Waals surface area contributed by atoms with Crippen LogP contribution in [0.3, 0.4) is 0 Å². The zero-order valence-electron chi connectivity index (χ0n) is 33.5. The molecule has 2 aromatic heterocycles.